The van der Waals surface area contributed by atoms with E-state index in [0.717, 1.165) is 35.0 Å². The lowest BCUT2D eigenvalue weighted by Crippen LogP contribution is -2.33. The minimum atomic E-state index is -0.0377. The molecule has 0 spiro atoms. The van der Waals surface area contributed by atoms with Crippen molar-refractivity contribution in [2.75, 3.05) is 4.90 Å². The number of halogens is 1. The summed E-state index contributed by atoms with van der Waals surface area (Å²) in [6.07, 6.45) is 3.33. The number of hydrogen-bond donors (Lipinski definition) is 0. The van der Waals surface area contributed by atoms with Gasteiger partial charge >= 0.3 is 0 Å². The Bertz CT molecular complexity index is 599. The standard InChI is InChI=1S/C16H16BrNO2/c1-8-6-11(17)4-5-12(8)18-15(19)13-9-2-3-10(7-9)14(13)16(18)20/h4-6,9-10,13-14H,2-3,7H2,1H3. The Morgan fingerprint density at radius 3 is 2.25 bits per heavy atom. The van der Waals surface area contributed by atoms with Gasteiger partial charge in [0.2, 0.25) is 11.8 Å². The molecule has 20 heavy (non-hydrogen) atoms. The van der Waals surface area contributed by atoms with Gasteiger partial charge in [-0.25, -0.2) is 4.90 Å². The predicted octanol–water partition coefficient (Wildman–Crippen LogP) is 3.29. The molecule has 1 saturated heterocycles. The van der Waals surface area contributed by atoms with Crippen LogP contribution in [0.1, 0.15) is 24.8 Å². The maximum atomic E-state index is 12.7. The molecule has 1 aromatic carbocycles. The van der Waals surface area contributed by atoms with Crippen molar-refractivity contribution < 1.29 is 9.59 Å². The Labute approximate surface area is 126 Å². The summed E-state index contributed by atoms with van der Waals surface area (Å²) in [7, 11) is 0. The molecule has 3 aliphatic rings. The van der Waals surface area contributed by atoms with E-state index in [1.807, 2.05) is 25.1 Å². The first-order valence-electron chi connectivity index (χ1n) is 7.22. The van der Waals surface area contributed by atoms with Crippen molar-refractivity contribution in [1.82, 2.24) is 0 Å². The first-order valence-corrected chi connectivity index (χ1v) is 8.01. The fourth-order valence-corrected chi connectivity index (χ4v) is 4.99. The van der Waals surface area contributed by atoms with Gasteiger partial charge in [-0.2, -0.15) is 0 Å². The zero-order valence-electron chi connectivity index (χ0n) is 11.3. The van der Waals surface area contributed by atoms with Crippen molar-refractivity contribution in [3.8, 4) is 0 Å². The monoisotopic (exact) mass is 333 g/mol. The zero-order valence-corrected chi connectivity index (χ0v) is 12.9. The van der Waals surface area contributed by atoms with Crippen molar-refractivity contribution >= 4 is 33.4 Å². The molecule has 1 heterocycles. The third kappa shape index (κ3) is 1.51. The van der Waals surface area contributed by atoms with Gasteiger partial charge in [0.25, 0.3) is 0 Å². The highest BCUT2D eigenvalue weighted by Crippen LogP contribution is 2.56. The summed E-state index contributed by atoms with van der Waals surface area (Å²) in [6.45, 7) is 1.95. The van der Waals surface area contributed by atoms with E-state index in [0.29, 0.717) is 11.8 Å². The van der Waals surface area contributed by atoms with Gasteiger partial charge in [0.15, 0.2) is 0 Å². The van der Waals surface area contributed by atoms with Crippen LogP contribution >= 0.6 is 15.9 Å². The summed E-state index contributed by atoms with van der Waals surface area (Å²) in [5.41, 5.74) is 1.73. The van der Waals surface area contributed by atoms with Crippen molar-refractivity contribution in [2.24, 2.45) is 23.7 Å². The lowest BCUT2D eigenvalue weighted by atomic mass is 9.81. The zero-order chi connectivity index (χ0) is 14.0. The number of carbonyl (C=O) groups excluding carboxylic acids is 2. The molecule has 4 atom stereocenters. The summed E-state index contributed by atoms with van der Waals surface area (Å²) < 4.78 is 0.970. The minimum absolute atomic E-state index is 0.0377. The van der Waals surface area contributed by atoms with Gasteiger partial charge in [-0.05, 0) is 61.8 Å². The molecule has 1 aromatic rings. The normalized spacial score (nSPS) is 35.0. The summed E-state index contributed by atoms with van der Waals surface area (Å²) in [6, 6.07) is 5.72. The van der Waals surface area contributed by atoms with E-state index in [2.05, 4.69) is 15.9 Å². The average molecular weight is 334 g/mol. The molecular formula is C16H16BrNO2. The van der Waals surface area contributed by atoms with Crippen LogP contribution in [-0.4, -0.2) is 11.8 Å². The SMILES string of the molecule is Cc1cc(Br)ccc1N1C(=O)C2C3CCC(C3)C2C1=O. The van der Waals surface area contributed by atoms with Crippen LogP contribution in [0.5, 0.6) is 0 Å². The highest BCUT2D eigenvalue weighted by Gasteiger charge is 2.61. The third-order valence-corrected chi connectivity index (χ3v) is 5.82. The van der Waals surface area contributed by atoms with Crippen molar-refractivity contribution in [1.29, 1.82) is 0 Å². The van der Waals surface area contributed by atoms with Gasteiger partial charge in [0, 0.05) is 4.47 Å². The molecule has 2 bridgehead atoms. The summed E-state index contributed by atoms with van der Waals surface area (Å²) in [5.74, 6) is 0.897. The van der Waals surface area contributed by atoms with E-state index in [4.69, 9.17) is 0 Å². The number of amides is 2. The van der Waals surface area contributed by atoms with Gasteiger partial charge in [-0.3, -0.25) is 9.59 Å². The number of nitrogens with zero attached hydrogens (tertiary/aromatic N) is 1. The molecule has 104 valence electrons. The van der Waals surface area contributed by atoms with Crippen LogP contribution in [-0.2, 0) is 9.59 Å². The van der Waals surface area contributed by atoms with Crippen LogP contribution < -0.4 is 4.90 Å². The second-order valence-corrected chi connectivity index (χ2v) is 7.24. The lowest BCUT2D eigenvalue weighted by Gasteiger charge is -2.19. The number of aryl methyl sites for hydroxylation is 1. The number of imide groups is 1. The molecule has 4 unspecified atom stereocenters. The molecular weight excluding hydrogens is 318 g/mol. The highest BCUT2D eigenvalue weighted by atomic mass is 79.9. The number of hydrogen-bond acceptors (Lipinski definition) is 2. The first-order chi connectivity index (χ1) is 9.58. The van der Waals surface area contributed by atoms with E-state index < -0.39 is 0 Å². The number of fused-ring (bicyclic) bond motifs is 5. The molecule has 3 fully saturated rings. The molecule has 3 nitrogen and oxygen atoms in total. The van der Waals surface area contributed by atoms with Crippen LogP contribution in [0.2, 0.25) is 0 Å². The Morgan fingerprint density at radius 1 is 1.10 bits per heavy atom. The molecule has 0 N–H and O–H groups in total. The number of rotatable bonds is 1. The largest absolute Gasteiger partial charge is 0.274 e. The van der Waals surface area contributed by atoms with Crippen molar-refractivity contribution in [3.63, 3.8) is 0 Å². The van der Waals surface area contributed by atoms with Crippen LogP contribution in [0.25, 0.3) is 0 Å². The van der Waals surface area contributed by atoms with Crippen LogP contribution in [0.4, 0.5) is 5.69 Å². The predicted molar refractivity (Wildman–Crippen MR) is 79.2 cm³/mol. The van der Waals surface area contributed by atoms with Crippen LogP contribution in [0.3, 0.4) is 0 Å². The van der Waals surface area contributed by atoms with Gasteiger partial charge in [-0.15, -0.1) is 0 Å². The molecule has 0 aromatic heterocycles. The van der Waals surface area contributed by atoms with E-state index in [1.54, 1.807) is 0 Å². The Morgan fingerprint density at radius 2 is 1.70 bits per heavy atom. The minimum Gasteiger partial charge on any atom is -0.274 e. The molecule has 0 radical (unpaired) electrons. The molecule has 2 aliphatic carbocycles. The third-order valence-electron chi connectivity index (χ3n) is 5.33. The van der Waals surface area contributed by atoms with E-state index in [9.17, 15) is 9.59 Å². The number of anilines is 1. The van der Waals surface area contributed by atoms with Crippen molar-refractivity contribution in [2.45, 2.75) is 26.2 Å². The molecule has 2 amide bonds. The van der Waals surface area contributed by atoms with Crippen molar-refractivity contribution in [3.05, 3.63) is 28.2 Å². The fourth-order valence-electron chi connectivity index (χ4n) is 4.52. The van der Waals surface area contributed by atoms with Crippen LogP contribution in [0, 0.1) is 30.6 Å². The van der Waals surface area contributed by atoms with Crippen LogP contribution in [0.15, 0.2) is 22.7 Å². The van der Waals surface area contributed by atoms with Gasteiger partial charge in [0.05, 0.1) is 17.5 Å². The smallest absolute Gasteiger partial charge is 0.237 e. The Kier molecular flexibility index (Phi) is 2.62. The van der Waals surface area contributed by atoms with Gasteiger partial charge in [-0.1, -0.05) is 15.9 Å². The van der Waals surface area contributed by atoms with E-state index in [-0.39, 0.29) is 23.7 Å². The molecule has 4 heteroatoms. The highest BCUT2D eigenvalue weighted by molar-refractivity contribution is 9.10. The van der Waals surface area contributed by atoms with E-state index >= 15 is 0 Å². The summed E-state index contributed by atoms with van der Waals surface area (Å²) >= 11 is 3.42. The quantitative estimate of drug-likeness (QED) is 0.739. The van der Waals surface area contributed by atoms with E-state index in [1.165, 1.54) is 4.90 Å². The summed E-state index contributed by atoms with van der Waals surface area (Å²) in [5, 5.41) is 0. The first kappa shape index (κ1) is 12.6. The van der Waals surface area contributed by atoms with Gasteiger partial charge < -0.3 is 0 Å². The maximum Gasteiger partial charge on any atom is 0.237 e. The summed E-state index contributed by atoms with van der Waals surface area (Å²) in [4.78, 5) is 26.9. The second kappa shape index (κ2) is 4.17. The average Bonchev–Trinajstić information content (AvgIpc) is 3.06. The topological polar surface area (TPSA) is 37.4 Å². The number of carbonyl (C=O) groups is 2. The maximum absolute atomic E-state index is 12.7. The second-order valence-electron chi connectivity index (χ2n) is 6.33. The Hall–Kier alpha value is -1.16. The van der Waals surface area contributed by atoms with Gasteiger partial charge in [0.1, 0.15) is 0 Å². The number of benzene rings is 1. The molecule has 2 saturated carbocycles. The molecule has 1 aliphatic heterocycles. The Balaban J connectivity index is 1.77. The lowest BCUT2D eigenvalue weighted by molar-refractivity contribution is -0.123. The molecule has 4 rings (SSSR count). The fraction of sp³-hybridized carbons (Fsp3) is 0.500.